The Morgan fingerprint density at radius 3 is 2.72 bits per heavy atom. The summed E-state index contributed by atoms with van der Waals surface area (Å²) >= 11 is 0. The van der Waals surface area contributed by atoms with Crippen molar-refractivity contribution < 1.29 is 38.6 Å². The van der Waals surface area contributed by atoms with Crippen LogP contribution in [-0.2, 0) is 13.8 Å². The number of rotatable bonds is 5. The molecule has 2 aromatic heterocycles. The molecule has 25 heavy (non-hydrogen) atoms. The lowest BCUT2D eigenvalue weighted by atomic mass is 10.1. The minimum Gasteiger partial charge on any atom is -0.468 e. The summed E-state index contributed by atoms with van der Waals surface area (Å²) in [5, 5.41) is 20.3. The fourth-order valence-electron chi connectivity index (χ4n) is 2.53. The van der Waals surface area contributed by atoms with Crippen molar-refractivity contribution >= 4 is 24.8 Å². The lowest BCUT2D eigenvalue weighted by Crippen LogP contribution is -2.33. The number of imidazole rings is 1. The largest absolute Gasteiger partial charge is 0.469 e. The number of nitrogen functional groups attached to an aromatic ring is 1. The molecule has 13 nitrogen and oxygen atoms in total. The molecule has 1 aliphatic heterocycles. The molecule has 1 fully saturated rings. The summed E-state index contributed by atoms with van der Waals surface area (Å²) in [5.74, 6) is 0.0801. The van der Waals surface area contributed by atoms with Gasteiger partial charge >= 0.3 is 13.8 Å². The zero-order valence-electron chi connectivity index (χ0n) is 12.8. The van der Waals surface area contributed by atoms with E-state index in [0.717, 1.165) is 0 Å². The molecule has 3 rings (SSSR count). The van der Waals surface area contributed by atoms with Crippen LogP contribution in [0.1, 0.15) is 6.23 Å². The number of phosphoric ester groups is 1. The van der Waals surface area contributed by atoms with Gasteiger partial charge in [0.25, 0.3) is 0 Å². The van der Waals surface area contributed by atoms with Crippen LogP contribution >= 0.6 is 7.82 Å². The summed E-state index contributed by atoms with van der Waals surface area (Å²) in [6.45, 7) is -0.634. The second kappa shape index (κ2) is 6.46. The molecule has 0 spiro atoms. The van der Waals surface area contributed by atoms with E-state index < -0.39 is 39.0 Å². The Kier molecular flexibility index (Phi) is 4.64. The normalized spacial score (nSPS) is 27.1. The van der Waals surface area contributed by atoms with Gasteiger partial charge in [0.05, 0.1) is 13.7 Å². The summed E-state index contributed by atoms with van der Waals surface area (Å²) < 4.78 is 27.0. The number of nitrogens with zero attached hydrogens (tertiary/aromatic N) is 4. The van der Waals surface area contributed by atoms with Gasteiger partial charge < -0.3 is 35.2 Å². The van der Waals surface area contributed by atoms with Gasteiger partial charge in [0.1, 0.15) is 24.6 Å². The van der Waals surface area contributed by atoms with Gasteiger partial charge in [-0.2, -0.15) is 4.98 Å². The van der Waals surface area contributed by atoms with Gasteiger partial charge in [0, 0.05) is 0 Å². The van der Waals surface area contributed by atoms with Crippen LogP contribution in [0.4, 0.5) is 5.82 Å². The highest BCUT2D eigenvalue weighted by Gasteiger charge is 2.46. The average Bonchev–Trinajstić information content (AvgIpc) is 3.05. The number of hydrogen-bond donors (Lipinski definition) is 5. The minimum atomic E-state index is -4.76. The van der Waals surface area contributed by atoms with Crippen molar-refractivity contribution in [3.05, 3.63) is 6.33 Å². The van der Waals surface area contributed by atoms with Crippen LogP contribution in [0.2, 0.25) is 0 Å². The number of ether oxygens (including phenoxy) is 2. The zero-order valence-corrected chi connectivity index (χ0v) is 13.7. The van der Waals surface area contributed by atoms with Gasteiger partial charge in [-0.05, 0) is 0 Å². The van der Waals surface area contributed by atoms with Crippen molar-refractivity contribution in [1.29, 1.82) is 0 Å². The average molecular weight is 377 g/mol. The molecular formula is C11H16N5O8P. The first-order valence-corrected chi connectivity index (χ1v) is 8.50. The van der Waals surface area contributed by atoms with E-state index in [4.69, 9.17) is 25.0 Å². The number of nitrogens with two attached hydrogens (primary N) is 1. The molecule has 2 aromatic rings. The first-order chi connectivity index (χ1) is 11.7. The molecule has 0 aromatic carbocycles. The van der Waals surface area contributed by atoms with E-state index in [0.29, 0.717) is 0 Å². The van der Waals surface area contributed by atoms with E-state index in [2.05, 4.69) is 19.5 Å². The number of anilines is 1. The van der Waals surface area contributed by atoms with Gasteiger partial charge in [-0.1, -0.05) is 0 Å². The van der Waals surface area contributed by atoms with Crippen molar-refractivity contribution in [2.75, 3.05) is 19.5 Å². The van der Waals surface area contributed by atoms with Gasteiger partial charge in [-0.3, -0.25) is 4.52 Å². The molecule has 1 saturated heterocycles. The number of hydrogen-bond acceptors (Lipinski definition) is 10. The third-order valence-electron chi connectivity index (χ3n) is 3.65. The molecule has 0 saturated carbocycles. The molecule has 0 aliphatic carbocycles. The molecule has 138 valence electrons. The predicted octanol–water partition coefficient (Wildman–Crippen LogP) is -1.85. The summed E-state index contributed by atoms with van der Waals surface area (Å²) in [4.78, 5) is 29.5. The van der Waals surface area contributed by atoms with Gasteiger partial charge in [0.2, 0.25) is 0 Å². The molecule has 0 amide bonds. The maximum absolute atomic E-state index is 10.8. The lowest BCUT2D eigenvalue weighted by Gasteiger charge is -2.18. The topological polar surface area (TPSA) is 195 Å². The quantitative estimate of drug-likeness (QED) is 0.365. The van der Waals surface area contributed by atoms with Crippen LogP contribution in [0, 0.1) is 0 Å². The predicted molar refractivity (Wildman–Crippen MR) is 80.2 cm³/mol. The highest BCUT2D eigenvalue weighted by Crippen LogP contribution is 2.40. The maximum atomic E-state index is 10.8. The Morgan fingerprint density at radius 1 is 1.36 bits per heavy atom. The Hall–Kier alpha value is -1.86. The molecule has 0 bridgehead atoms. The fraction of sp³-hybridized carbons (Fsp3) is 0.545. The van der Waals surface area contributed by atoms with E-state index in [9.17, 15) is 14.8 Å². The monoisotopic (exact) mass is 377 g/mol. The molecule has 4 atom stereocenters. The summed E-state index contributed by atoms with van der Waals surface area (Å²) in [6.07, 6.45) is -4.16. The number of phosphoric acid groups is 1. The zero-order chi connectivity index (χ0) is 18.4. The second-order valence-corrected chi connectivity index (χ2v) is 6.47. The number of methoxy groups -OCH3 is 1. The fourth-order valence-corrected chi connectivity index (χ4v) is 2.87. The SMILES string of the molecule is COc1nc2c(N)ncnc2n1[C@@H]1O[C@H](COP(=O)(O)O)[C@@H](O)[C@H]1O. The van der Waals surface area contributed by atoms with Crippen LogP contribution in [0.15, 0.2) is 6.33 Å². The van der Waals surface area contributed by atoms with Gasteiger partial charge in [-0.25, -0.2) is 19.1 Å². The number of aliphatic hydroxyl groups is 2. The van der Waals surface area contributed by atoms with Crippen LogP contribution < -0.4 is 10.5 Å². The molecule has 3 heterocycles. The molecular weight excluding hydrogens is 361 g/mol. The van der Waals surface area contributed by atoms with Crippen molar-refractivity contribution in [3.8, 4) is 6.01 Å². The Bertz CT molecular complexity index is 824. The van der Waals surface area contributed by atoms with Crippen LogP contribution in [0.3, 0.4) is 0 Å². The number of fused-ring (bicyclic) bond motifs is 1. The maximum Gasteiger partial charge on any atom is 0.469 e. The van der Waals surface area contributed by atoms with Crippen molar-refractivity contribution in [3.63, 3.8) is 0 Å². The highest BCUT2D eigenvalue weighted by molar-refractivity contribution is 7.46. The highest BCUT2D eigenvalue weighted by atomic mass is 31.2. The molecule has 6 N–H and O–H groups in total. The van der Waals surface area contributed by atoms with E-state index in [-0.39, 0.29) is 23.0 Å². The van der Waals surface area contributed by atoms with Crippen molar-refractivity contribution in [2.45, 2.75) is 24.5 Å². The van der Waals surface area contributed by atoms with E-state index in [1.807, 2.05) is 0 Å². The number of aromatic nitrogens is 4. The molecule has 1 aliphatic rings. The Labute approximate surface area is 140 Å². The minimum absolute atomic E-state index is 0.00462. The number of aliphatic hydroxyl groups excluding tert-OH is 2. The summed E-state index contributed by atoms with van der Waals surface area (Å²) in [5.41, 5.74) is 6.13. The first kappa shape index (κ1) is 17.9. The second-order valence-electron chi connectivity index (χ2n) is 5.23. The Morgan fingerprint density at radius 2 is 2.08 bits per heavy atom. The smallest absolute Gasteiger partial charge is 0.468 e. The van der Waals surface area contributed by atoms with Crippen LogP contribution in [0.5, 0.6) is 6.01 Å². The van der Waals surface area contributed by atoms with E-state index in [1.165, 1.54) is 18.0 Å². The standard InChI is InChI=1S/C11H16N5O8P/c1-22-11-15-5-8(12)13-3-14-9(5)16(11)10-7(18)6(17)4(24-10)2-23-25(19,20)21/h3-4,6-7,10,17-18H,2H2,1H3,(H2,12,13,14)(H2,19,20,21)/t4-,6-,7-,10-/m1/s1. The first-order valence-electron chi connectivity index (χ1n) is 6.97. The summed E-state index contributed by atoms with van der Waals surface area (Å²) in [7, 11) is -3.43. The molecule has 0 radical (unpaired) electrons. The van der Waals surface area contributed by atoms with Gasteiger partial charge in [-0.15, -0.1) is 0 Å². The van der Waals surface area contributed by atoms with Crippen molar-refractivity contribution in [2.24, 2.45) is 0 Å². The summed E-state index contributed by atoms with van der Waals surface area (Å²) in [6, 6.07) is -0.00462. The molecule has 0 unspecified atom stereocenters. The lowest BCUT2D eigenvalue weighted by molar-refractivity contribution is -0.0530. The Balaban J connectivity index is 1.95. The van der Waals surface area contributed by atoms with E-state index >= 15 is 0 Å². The van der Waals surface area contributed by atoms with E-state index in [1.54, 1.807) is 0 Å². The van der Waals surface area contributed by atoms with Crippen molar-refractivity contribution in [1.82, 2.24) is 19.5 Å². The molecule has 14 heteroatoms. The third kappa shape index (κ3) is 3.30. The third-order valence-corrected chi connectivity index (χ3v) is 4.14. The van der Waals surface area contributed by atoms with Gasteiger partial charge in [0.15, 0.2) is 23.2 Å². The van der Waals surface area contributed by atoms with Crippen LogP contribution in [-0.4, -0.2) is 71.5 Å². The van der Waals surface area contributed by atoms with Crippen LogP contribution in [0.25, 0.3) is 11.2 Å².